The van der Waals surface area contributed by atoms with Crippen LogP contribution in [0.3, 0.4) is 0 Å². The van der Waals surface area contributed by atoms with E-state index in [0.29, 0.717) is 22.8 Å². The Bertz CT molecular complexity index is 1190. The maximum atomic E-state index is 10.4. The van der Waals surface area contributed by atoms with Crippen LogP contribution in [0.15, 0.2) is 91.8 Å². The summed E-state index contributed by atoms with van der Waals surface area (Å²) in [4.78, 5) is 1.91. The third-order valence-corrected chi connectivity index (χ3v) is 5.42. The number of aromatic hydroxyl groups is 1. The van der Waals surface area contributed by atoms with Crippen LogP contribution in [-0.4, -0.2) is 35.2 Å². The summed E-state index contributed by atoms with van der Waals surface area (Å²) in [7, 11) is 5.87. The van der Waals surface area contributed by atoms with Crippen LogP contribution in [0.1, 0.15) is 6.42 Å². The van der Waals surface area contributed by atoms with Gasteiger partial charge in [-0.25, -0.2) is 9.13 Å². The molecule has 35 heavy (non-hydrogen) atoms. The van der Waals surface area contributed by atoms with Gasteiger partial charge in [0, 0.05) is 55.9 Å². The van der Waals surface area contributed by atoms with Gasteiger partial charge in [-0.05, 0) is 42.5 Å². The Hall–Kier alpha value is -4.33. The van der Waals surface area contributed by atoms with Gasteiger partial charge in [-0.2, -0.15) is 0 Å². The molecule has 0 saturated heterocycles. The quantitative estimate of drug-likeness (QED) is 0.0667. The molecule has 0 bridgehead atoms. The van der Waals surface area contributed by atoms with Crippen molar-refractivity contribution in [1.82, 2.24) is 9.47 Å². The largest absolute Gasteiger partial charge is 0.506 e. The first-order valence-electron chi connectivity index (χ1n) is 11.5. The minimum absolute atomic E-state index is 0.0656. The van der Waals surface area contributed by atoms with Crippen molar-refractivity contribution in [3.05, 3.63) is 91.8 Å². The van der Waals surface area contributed by atoms with Gasteiger partial charge in [0.05, 0.1) is 30.7 Å². The molecule has 0 aliphatic rings. The average molecular weight is 475 g/mol. The van der Waals surface area contributed by atoms with Crippen molar-refractivity contribution in [3.63, 3.8) is 0 Å². The number of anilines is 5. The molecular formula is C27H36N7O+. The molecule has 0 amide bonds. The predicted molar refractivity (Wildman–Crippen MR) is 146 cm³/mol. The second-order valence-electron chi connectivity index (χ2n) is 8.63. The number of nitrogens with one attached hydrogen (secondary N) is 3. The van der Waals surface area contributed by atoms with Gasteiger partial charge >= 0.3 is 0 Å². The maximum absolute atomic E-state index is 10.4. The molecule has 8 heteroatoms. The molecule has 0 fully saturated rings. The third kappa shape index (κ3) is 7.60. The summed E-state index contributed by atoms with van der Waals surface area (Å²) in [6.07, 6.45) is 10.9. The van der Waals surface area contributed by atoms with Gasteiger partial charge in [-0.3, -0.25) is 0 Å². The summed E-state index contributed by atoms with van der Waals surface area (Å²) in [6, 6.07) is 11.2. The highest BCUT2D eigenvalue weighted by atomic mass is 16.3. The second kappa shape index (κ2) is 11.7. The van der Waals surface area contributed by atoms with Crippen LogP contribution >= 0.6 is 0 Å². The number of hydrogen-bond acceptors (Lipinski definition) is 6. The lowest BCUT2D eigenvalue weighted by Gasteiger charge is -2.15. The number of likely N-dealkylation sites (N-methyl/N-ethyl adjacent to an activating group) is 1. The number of benzene rings is 2. The highest BCUT2D eigenvalue weighted by molar-refractivity contribution is 5.80. The number of nitrogens with two attached hydrogens (primary N) is 1. The molecule has 3 rings (SSSR count). The summed E-state index contributed by atoms with van der Waals surface area (Å²) < 4.78 is 4.21. The van der Waals surface area contributed by atoms with Gasteiger partial charge in [-0.1, -0.05) is 13.2 Å². The lowest BCUT2D eigenvalue weighted by Crippen LogP contribution is -2.23. The van der Waals surface area contributed by atoms with E-state index in [1.165, 1.54) is 6.07 Å². The molecule has 0 radical (unpaired) electrons. The predicted octanol–water partition coefficient (Wildman–Crippen LogP) is 4.40. The fourth-order valence-corrected chi connectivity index (χ4v) is 3.33. The van der Waals surface area contributed by atoms with Gasteiger partial charge in [0.25, 0.3) is 0 Å². The molecule has 0 atom stereocenters. The minimum atomic E-state index is 0.0656. The Kier molecular flexibility index (Phi) is 8.45. The number of rotatable bonds is 12. The fraction of sp³-hybridized carbons (Fsp3) is 0.222. The van der Waals surface area contributed by atoms with Crippen LogP contribution in [0, 0.1) is 0 Å². The van der Waals surface area contributed by atoms with Gasteiger partial charge in [0.1, 0.15) is 18.1 Å². The van der Waals surface area contributed by atoms with E-state index < -0.39 is 0 Å². The fourth-order valence-electron chi connectivity index (χ4n) is 3.33. The van der Waals surface area contributed by atoms with Crippen LogP contribution in [0.5, 0.6) is 5.75 Å². The Balaban J connectivity index is 1.56. The van der Waals surface area contributed by atoms with Gasteiger partial charge < -0.3 is 31.7 Å². The molecule has 0 aliphatic heterocycles. The van der Waals surface area contributed by atoms with Gasteiger partial charge in [0.2, 0.25) is 6.33 Å². The summed E-state index contributed by atoms with van der Waals surface area (Å²) in [5, 5.41) is 20.3. The summed E-state index contributed by atoms with van der Waals surface area (Å²) in [6.45, 7) is 9.81. The van der Waals surface area contributed by atoms with Crippen molar-refractivity contribution in [3.8, 4) is 5.75 Å². The number of nitrogens with zero attached hydrogens (tertiary/aromatic N) is 3. The SMILES string of the molecule is C=C(/C=C\C(=C)N(C)C)Nc1cc(Nc2ccc(NCCCn3cc[n+](C)c3)cc2)c(O)cc1N. The number of hydrogen-bond donors (Lipinski definition) is 5. The van der Waals surface area contributed by atoms with Gasteiger partial charge in [-0.15, -0.1) is 0 Å². The van der Waals surface area contributed by atoms with E-state index in [4.69, 9.17) is 5.73 Å². The zero-order valence-corrected chi connectivity index (χ0v) is 20.8. The monoisotopic (exact) mass is 474 g/mol. The Morgan fingerprint density at radius 1 is 1.11 bits per heavy atom. The molecule has 0 saturated carbocycles. The smallest absolute Gasteiger partial charge is 0.243 e. The number of nitrogen functional groups attached to an aromatic ring is 1. The lowest BCUT2D eigenvalue weighted by atomic mass is 10.2. The van der Waals surface area contributed by atoms with E-state index in [0.717, 1.165) is 36.6 Å². The number of allylic oxidation sites excluding steroid dienone is 2. The van der Waals surface area contributed by atoms with Crippen LogP contribution < -0.4 is 26.3 Å². The minimum Gasteiger partial charge on any atom is -0.506 e. The highest BCUT2D eigenvalue weighted by Crippen LogP contribution is 2.35. The number of aryl methyl sites for hydroxylation is 2. The Labute approximate surface area is 207 Å². The first kappa shape index (κ1) is 25.3. The topological polar surface area (TPSA) is 94.4 Å². The molecule has 2 aromatic carbocycles. The normalized spacial score (nSPS) is 10.8. The molecule has 1 heterocycles. The second-order valence-corrected chi connectivity index (χ2v) is 8.63. The van der Waals surface area contributed by atoms with E-state index >= 15 is 0 Å². The van der Waals surface area contributed by atoms with Crippen molar-refractivity contribution in [2.24, 2.45) is 7.05 Å². The molecule has 0 unspecified atom stereocenters. The molecule has 3 aromatic rings. The molecule has 184 valence electrons. The molecule has 1 aromatic heterocycles. The Morgan fingerprint density at radius 3 is 2.49 bits per heavy atom. The lowest BCUT2D eigenvalue weighted by molar-refractivity contribution is -0.671. The molecule has 0 spiro atoms. The first-order valence-corrected chi connectivity index (χ1v) is 11.5. The average Bonchev–Trinajstić information content (AvgIpc) is 3.24. The van der Waals surface area contributed by atoms with Crippen molar-refractivity contribution >= 4 is 28.4 Å². The third-order valence-electron chi connectivity index (χ3n) is 5.42. The summed E-state index contributed by atoms with van der Waals surface area (Å²) in [5.41, 5.74) is 11.1. The van der Waals surface area contributed by atoms with Crippen molar-refractivity contribution in [2.45, 2.75) is 13.0 Å². The van der Waals surface area contributed by atoms with Crippen LogP contribution in [0.2, 0.25) is 0 Å². The van der Waals surface area contributed by atoms with Crippen molar-refractivity contribution in [2.75, 3.05) is 42.3 Å². The standard InChI is InChI=1S/C27H35N7O/c1-20(7-8-21(2)32(3)4)30-25-18-26(27(35)17-24(25)28)31-23-11-9-22(10-12-23)29-13-6-14-34-16-15-33(5)19-34/h7-12,15-19,29-31H,1-2,6,13-14,28H2,3-5H3/p+1/b8-7-. The number of phenolic OH excluding ortho intramolecular Hbond substituents is 1. The molecule has 6 N–H and O–H groups in total. The number of imidazole rings is 1. The molecular weight excluding hydrogens is 438 g/mol. The van der Waals surface area contributed by atoms with Crippen LogP contribution in [0.4, 0.5) is 28.4 Å². The van der Waals surface area contributed by atoms with E-state index in [1.807, 2.05) is 73.2 Å². The van der Waals surface area contributed by atoms with Crippen LogP contribution in [-0.2, 0) is 13.6 Å². The van der Waals surface area contributed by atoms with Gasteiger partial charge in [0.15, 0.2) is 0 Å². The Morgan fingerprint density at radius 2 is 1.83 bits per heavy atom. The first-order chi connectivity index (χ1) is 16.7. The van der Waals surface area contributed by atoms with Crippen LogP contribution in [0.25, 0.3) is 0 Å². The zero-order chi connectivity index (χ0) is 25.4. The zero-order valence-electron chi connectivity index (χ0n) is 20.8. The molecule has 0 aliphatic carbocycles. The molecule has 8 nitrogen and oxygen atoms in total. The van der Waals surface area contributed by atoms with E-state index in [2.05, 4.69) is 46.2 Å². The summed E-state index contributed by atoms with van der Waals surface area (Å²) in [5.74, 6) is 0.0656. The van der Waals surface area contributed by atoms with E-state index in [1.54, 1.807) is 6.07 Å². The highest BCUT2D eigenvalue weighted by Gasteiger charge is 2.09. The maximum Gasteiger partial charge on any atom is 0.243 e. The number of aromatic nitrogens is 2. The van der Waals surface area contributed by atoms with E-state index in [9.17, 15) is 5.11 Å². The van der Waals surface area contributed by atoms with Crippen molar-refractivity contribution < 1.29 is 9.67 Å². The van der Waals surface area contributed by atoms with E-state index in [-0.39, 0.29) is 5.75 Å². The summed E-state index contributed by atoms with van der Waals surface area (Å²) >= 11 is 0. The number of phenols is 1. The van der Waals surface area contributed by atoms with Crippen molar-refractivity contribution in [1.29, 1.82) is 0 Å².